The minimum absolute atomic E-state index is 0.0389. The summed E-state index contributed by atoms with van der Waals surface area (Å²) in [7, 11) is 0. The number of benzene rings is 1. The van der Waals surface area contributed by atoms with Gasteiger partial charge in [0.2, 0.25) is 5.91 Å². The highest BCUT2D eigenvalue weighted by Gasteiger charge is 2.04. The van der Waals surface area contributed by atoms with E-state index < -0.39 is 0 Å². The first-order chi connectivity index (χ1) is 8.63. The predicted molar refractivity (Wildman–Crippen MR) is 75.4 cm³/mol. The number of nitrogens with zero attached hydrogens (tertiary/aromatic N) is 1. The Bertz CT molecular complexity index is 485. The summed E-state index contributed by atoms with van der Waals surface area (Å²) >= 11 is 3.36. The summed E-state index contributed by atoms with van der Waals surface area (Å²) in [5, 5.41) is 2.82. The normalized spacial score (nSPS) is 10.1. The number of anilines is 1. The Morgan fingerprint density at radius 1 is 1.22 bits per heavy atom. The summed E-state index contributed by atoms with van der Waals surface area (Å²) in [6.45, 7) is 1.91. The van der Waals surface area contributed by atoms with E-state index in [-0.39, 0.29) is 5.91 Å². The Morgan fingerprint density at radius 2 is 1.94 bits per heavy atom. The van der Waals surface area contributed by atoms with Crippen molar-refractivity contribution in [3.8, 4) is 0 Å². The van der Waals surface area contributed by atoms with Crippen LogP contribution in [0.2, 0.25) is 0 Å². The van der Waals surface area contributed by atoms with E-state index in [4.69, 9.17) is 0 Å². The van der Waals surface area contributed by atoms with Gasteiger partial charge >= 0.3 is 0 Å². The summed E-state index contributed by atoms with van der Waals surface area (Å²) in [4.78, 5) is 15.9. The topological polar surface area (TPSA) is 42.0 Å². The van der Waals surface area contributed by atoms with Crippen molar-refractivity contribution in [2.24, 2.45) is 0 Å². The molecule has 0 fully saturated rings. The number of hydrogen-bond donors (Lipinski definition) is 1. The second kappa shape index (κ2) is 5.78. The molecular weight excluding hydrogens is 292 g/mol. The van der Waals surface area contributed by atoms with E-state index in [0.29, 0.717) is 6.42 Å². The molecule has 0 aliphatic carbocycles. The number of hydrogen-bond acceptors (Lipinski definition) is 2. The zero-order valence-corrected chi connectivity index (χ0v) is 11.6. The summed E-state index contributed by atoms with van der Waals surface area (Å²) in [5.41, 5.74) is 2.64. The monoisotopic (exact) mass is 304 g/mol. The van der Waals surface area contributed by atoms with Crippen LogP contribution in [-0.4, -0.2) is 10.9 Å². The van der Waals surface area contributed by atoms with Crippen molar-refractivity contribution in [2.45, 2.75) is 13.3 Å². The van der Waals surface area contributed by atoms with Crippen LogP contribution in [0.1, 0.15) is 11.3 Å². The Kier molecular flexibility index (Phi) is 4.10. The molecule has 1 heterocycles. The number of aryl methyl sites for hydroxylation is 1. The maximum Gasteiger partial charge on any atom is 0.228 e. The molecule has 0 unspecified atom stereocenters. The van der Waals surface area contributed by atoms with Gasteiger partial charge in [-0.3, -0.25) is 9.78 Å². The van der Waals surface area contributed by atoms with Gasteiger partial charge in [0.25, 0.3) is 0 Å². The largest absolute Gasteiger partial charge is 0.324 e. The molecule has 0 aliphatic heterocycles. The summed E-state index contributed by atoms with van der Waals surface area (Å²) in [5.74, 6) is -0.0389. The maximum absolute atomic E-state index is 11.8. The lowest BCUT2D eigenvalue weighted by Gasteiger charge is -2.05. The third-order valence-corrected chi connectivity index (χ3v) is 3.00. The van der Waals surface area contributed by atoms with Crippen LogP contribution in [0.15, 0.2) is 47.1 Å². The zero-order valence-electron chi connectivity index (χ0n) is 9.98. The molecule has 1 N–H and O–H groups in total. The fourth-order valence-electron chi connectivity index (χ4n) is 1.53. The minimum Gasteiger partial charge on any atom is -0.324 e. The van der Waals surface area contributed by atoms with Crippen molar-refractivity contribution in [1.29, 1.82) is 0 Å². The lowest BCUT2D eigenvalue weighted by molar-refractivity contribution is -0.115. The second-order valence-corrected chi connectivity index (χ2v) is 4.96. The summed E-state index contributed by atoms with van der Waals surface area (Å²) in [6.07, 6.45) is 2.02. The number of amides is 1. The van der Waals surface area contributed by atoms with Gasteiger partial charge < -0.3 is 5.32 Å². The molecule has 0 bridgehead atoms. The number of pyridine rings is 1. The van der Waals surface area contributed by atoms with Crippen LogP contribution < -0.4 is 5.32 Å². The van der Waals surface area contributed by atoms with Crippen molar-refractivity contribution in [3.05, 3.63) is 58.3 Å². The first-order valence-corrected chi connectivity index (χ1v) is 6.40. The van der Waals surface area contributed by atoms with Gasteiger partial charge in [-0.05, 0) is 36.8 Å². The van der Waals surface area contributed by atoms with Crippen molar-refractivity contribution < 1.29 is 4.79 Å². The average molecular weight is 305 g/mol. The number of rotatable bonds is 3. The van der Waals surface area contributed by atoms with Crippen LogP contribution in [0.5, 0.6) is 0 Å². The molecule has 18 heavy (non-hydrogen) atoms. The van der Waals surface area contributed by atoms with Crippen LogP contribution in [0, 0.1) is 6.92 Å². The van der Waals surface area contributed by atoms with Gasteiger partial charge in [0.05, 0.1) is 18.3 Å². The van der Waals surface area contributed by atoms with Gasteiger partial charge in [-0.1, -0.05) is 28.1 Å². The van der Waals surface area contributed by atoms with Crippen LogP contribution in [0.4, 0.5) is 5.69 Å². The Labute approximate surface area is 114 Å². The van der Waals surface area contributed by atoms with E-state index in [0.717, 1.165) is 21.4 Å². The van der Waals surface area contributed by atoms with Gasteiger partial charge in [0, 0.05) is 10.2 Å². The molecule has 0 saturated heterocycles. The van der Waals surface area contributed by atoms with E-state index in [1.165, 1.54) is 0 Å². The van der Waals surface area contributed by atoms with Crippen molar-refractivity contribution in [1.82, 2.24) is 4.98 Å². The Balaban J connectivity index is 1.96. The molecule has 0 aliphatic rings. The first-order valence-electron chi connectivity index (χ1n) is 5.60. The fraction of sp³-hybridized carbons (Fsp3) is 0.143. The van der Waals surface area contributed by atoms with Crippen molar-refractivity contribution in [2.75, 3.05) is 5.32 Å². The summed E-state index contributed by atoms with van der Waals surface area (Å²) in [6, 6.07) is 11.4. The minimum atomic E-state index is -0.0389. The molecule has 2 aromatic rings. The third kappa shape index (κ3) is 3.67. The van der Waals surface area contributed by atoms with Gasteiger partial charge in [-0.2, -0.15) is 0 Å². The average Bonchev–Trinajstić information content (AvgIpc) is 2.35. The number of halogens is 1. The smallest absolute Gasteiger partial charge is 0.228 e. The van der Waals surface area contributed by atoms with Crippen LogP contribution in [0.3, 0.4) is 0 Å². The van der Waals surface area contributed by atoms with E-state index in [1.54, 1.807) is 6.20 Å². The first kappa shape index (κ1) is 12.8. The molecule has 0 spiro atoms. The number of carbonyl (C=O) groups is 1. The number of nitrogens with one attached hydrogen (secondary N) is 1. The Morgan fingerprint density at radius 3 is 2.56 bits per heavy atom. The number of aromatic nitrogens is 1. The predicted octanol–water partition coefficient (Wildman–Crippen LogP) is 3.33. The van der Waals surface area contributed by atoms with Crippen LogP contribution in [0.25, 0.3) is 0 Å². The molecule has 0 saturated carbocycles. The van der Waals surface area contributed by atoms with Crippen LogP contribution >= 0.6 is 15.9 Å². The van der Waals surface area contributed by atoms with Gasteiger partial charge in [0.15, 0.2) is 0 Å². The highest BCUT2D eigenvalue weighted by molar-refractivity contribution is 9.10. The van der Waals surface area contributed by atoms with E-state index in [2.05, 4.69) is 26.2 Å². The molecule has 4 heteroatoms. The fourth-order valence-corrected chi connectivity index (χ4v) is 1.80. The van der Waals surface area contributed by atoms with Gasteiger partial charge in [-0.15, -0.1) is 0 Å². The van der Waals surface area contributed by atoms with Crippen molar-refractivity contribution in [3.63, 3.8) is 0 Å². The molecule has 0 radical (unpaired) electrons. The van der Waals surface area contributed by atoms with E-state index in [1.807, 2.05) is 43.3 Å². The number of carbonyl (C=O) groups excluding carboxylic acids is 1. The second-order valence-electron chi connectivity index (χ2n) is 4.04. The molecule has 1 amide bonds. The van der Waals surface area contributed by atoms with Gasteiger partial charge in [-0.25, -0.2) is 0 Å². The standard InChI is InChI=1S/C14H13BrN2O/c1-10-2-7-13(9-16-10)17-14(18)8-11-3-5-12(15)6-4-11/h2-7,9H,8H2,1H3,(H,17,18). The zero-order chi connectivity index (χ0) is 13.0. The molecule has 3 nitrogen and oxygen atoms in total. The van der Waals surface area contributed by atoms with Gasteiger partial charge in [0.1, 0.15) is 0 Å². The molecule has 1 aromatic heterocycles. The highest BCUT2D eigenvalue weighted by Crippen LogP contribution is 2.12. The molecule has 92 valence electrons. The SMILES string of the molecule is Cc1ccc(NC(=O)Cc2ccc(Br)cc2)cn1. The molecule has 1 aromatic carbocycles. The quantitative estimate of drug-likeness (QED) is 0.945. The van der Waals surface area contributed by atoms with E-state index in [9.17, 15) is 4.79 Å². The van der Waals surface area contributed by atoms with Crippen LogP contribution in [-0.2, 0) is 11.2 Å². The summed E-state index contributed by atoms with van der Waals surface area (Å²) < 4.78 is 1.01. The van der Waals surface area contributed by atoms with Crippen molar-refractivity contribution >= 4 is 27.5 Å². The lowest BCUT2D eigenvalue weighted by atomic mass is 10.1. The molecule has 0 atom stereocenters. The maximum atomic E-state index is 11.8. The lowest BCUT2D eigenvalue weighted by Crippen LogP contribution is -2.14. The Hall–Kier alpha value is -1.68. The third-order valence-electron chi connectivity index (χ3n) is 2.47. The van der Waals surface area contributed by atoms with E-state index >= 15 is 0 Å². The highest BCUT2D eigenvalue weighted by atomic mass is 79.9. The molecular formula is C14H13BrN2O. The molecule has 2 rings (SSSR count).